The van der Waals surface area contributed by atoms with E-state index in [4.69, 9.17) is 14.2 Å². The third kappa shape index (κ3) is 69.0. The fourth-order valence-corrected chi connectivity index (χ4v) is 10.1. The summed E-state index contributed by atoms with van der Waals surface area (Å²) in [5.74, 6) is -0.899. The standard InChI is InChI=1S/C77H134O6/c1-4-7-10-13-16-19-22-25-27-29-31-33-34-35-36-37-38-39-40-41-42-44-45-47-49-52-55-58-61-64-67-70-76(79)82-73-74(72-81-75(78)69-66-63-60-57-54-51-24-21-18-15-12-9-6-3)83-77(80)71-68-65-62-59-56-53-50-48-46-43-32-30-28-26-23-20-17-14-11-8-5-2/h12,15,21-26,29-32,34-35,46,48,74H,4-11,13-14,16-20,27-28,33,36-45,47,49-73H2,1-3H3/b15-12-,24-21-,25-22-,26-23-,31-29-,32-30-,35-34-,48-46-. The Kier molecular flexibility index (Phi) is 67.7. The van der Waals surface area contributed by atoms with Crippen molar-refractivity contribution >= 4 is 17.9 Å². The maximum Gasteiger partial charge on any atom is 0.306 e. The molecule has 0 spiro atoms. The van der Waals surface area contributed by atoms with Gasteiger partial charge in [0.1, 0.15) is 13.2 Å². The van der Waals surface area contributed by atoms with Crippen LogP contribution in [-0.2, 0) is 28.6 Å². The number of rotatable bonds is 65. The van der Waals surface area contributed by atoms with Gasteiger partial charge in [0.2, 0.25) is 0 Å². The average molecular weight is 1160 g/mol. The molecule has 6 heteroatoms. The van der Waals surface area contributed by atoms with Crippen LogP contribution in [0.1, 0.15) is 355 Å². The van der Waals surface area contributed by atoms with E-state index in [2.05, 4.69) is 118 Å². The number of unbranched alkanes of at least 4 members (excludes halogenated alkanes) is 38. The van der Waals surface area contributed by atoms with Gasteiger partial charge in [-0.3, -0.25) is 14.4 Å². The molecule has 83 heavy (non-hydrogen) atoms. The summed E-state index contributed by atoms with van der Waals surface area (Å²) >= 11 is 0. The lowest BCUT2D eigenvalue weighted by Gasteiger charge is -2.18. The van der Waals surface area contributed by atoms with E-state index in [0.29, 0.717) is 19.3 Å². The van der Waals surface area contributed by atoms with Crippen molar-refractivity contribution in [3.63, 3.8) is 0 Å². The molecule has 0 fully saturated rings. The topological polar surface area (TPSA) is 78.9 Å². The van der Waals surface area contributed by atoms with Crippen molar-refractivity contribution in [1.29, 1.82) is 0 Å². The van der Waals surface area contributed by atoms with Gasteiger partial charge in [-0.2, -0.15) is 0 Å². The van der Waals surface area contributed by atoms with Crippen molar-refractivity contribution in [1.82, 2.24) is 0 Å². The Bertz CT molecular complexity index is 1610. The molecule has 0 aliphatic rings. The number of carbonyl (C=O) groups is 3. The summed E-state index contributed by atoms with van der Waals surface area (Å²) in [6.07, 6.45) is 95.8. The summed E-state index contributed by atoms with van der Waals surface area (Å²) in [5.41, 5.74) is 0. The summed E-state index contributed by atoms with van der Waals surface area (Å²) in [6, 6.07) is 0. The van der Waals surface area contributed by atoms with Crippen LogP contribution in [0.15, 0.2) is 97.2 Å². The Labute approximate surface area is 515 Å². The fourth-order valence-electron chi connectivity index (χ4n) is 10.1. The number of ether oxygens (including phenoxy) is 3. The zero-order valence-electron chi connectivity index (χ0n) is 54.9. The van der Waals surface area contributed by atoms with Gasteiger partial charge in [-0.25, -0.2) is 0 Å². The number of hydrogen-bond donors (Lipinski definition) is 0. The van der Waals surface area contributed by atoms with Crippen LogP contribution in [0.5, 0.6) is 0 Å². The Morgan fingerprint density at radius 2 is 0.458 bits per heavy atom. The Balaban J connectivity index is 4.25. The molecule has 0 heterocycles. The highest BCUT2D eigenvalue weighted by Gasteiger charge is 2.19. The van der Waals surface area contributed by atoms with Crippen molar-refractivity contribution in [2.45, 2.75) is 361 Å². The number of carbonyl (C=O) groups excluding carboxylic acids is 3. The van der Waals surface area contributed by atoms with E-state index in [1.165, 1.54) is 186 Å². The quantitative estimate of drug-likeness (QED) is 0.0261. The predicted octanol–water partition coefficient (Wildman–Crippen LogP) is 24.8. The van der Waals surface area contributed by atoms with Crippen LogP contribution < -0.4 is 0 Å². The van der Waals surface area contributed by atoms with E-state index in [1.54, 1.807) is 0 Å². The molecule has 0 aromatic rings. The lowest BCUT2D eigenvalue weighted by atomic mass is 10.0. The molecule has 0 radical (unpaired) electrons. The summed E-state index contributed by atoms with van der Waals surface area (Å²) in [4.78, 5) is 38.4. The Morgan fingerprint density at radius 3 is 0.723 bits per heavy atom. The zero-order valence-corrected chi connectivity index (χ0v) is 54.9. The van der Waals surface area contributed by atoms with E-state index < -0.39 is 6.10 Å². The largest absolute Gasteiger partial charge is 0.462 e. The van der Waals surface area contributed by atoms with Crippen molar-refractivity contribution in [3.8, 4) is 0 Å². The lowest BCUT2D eigenvalue weighted by Crippen LogP contribution is -2.30. The van der Waals surface area contributed by atoms with Gasteiger partial charge < -0.3 is 14.2 Å². The van der Waals surface area contributed by atoms with Gasteiger partial charge in [0.05, 0.1) is 0 Å². The molecule has 0 aromatic carbocycles. The van der Waals surface area contributed by atoms with Crippen molar-refractivity contribution in [2.75, 3.05) is 13.2 Å². The van der Waals surface area contributed by atoms with Crippen LogP contribution in [0.25, 0.3) is 0 Å². The van der Waals surface area contributed by atoms with Crippen LogP contribution in [0, 0.1) is 0 Å². The third-order valence-corrected chi connectivity index (χ3v) is 15.5. The minimum atomic E-state index is -0.792. The first-order valence-electron chi connectivity index (χ1n) is 35.7. The first-order valence-corrected chi connectivity index (χ1v) is 35.7. The van der Waals surface area contributed by atoms with Crippen LogP contribution in [0.3, 0.4) is 0 Å². The molecule has 478 valence electrons. The van der Waals surface area contributed by atoms with Crippen LogP contribution in [0.2, 0.25) is 0 Å². The van der Waals surface area contributed by atoms with Gasteiger partial charge >= 0.3 is 17.9 Å². The van der Waals surface area contributed by atoms with Gasteiger partial charge in [0, 0.05) is 19.3 Å². The molecule has 0 aliphatic carbocycles. The van der Waals surface area contributed by atoms with Crippen molar-refractivity contribution in [2.24, 2.45) is 0 Å². The van der Waals surface area contributed by atoms with E-state index >= 15 is 0 Å². The molecule has 0 aliphatic heterocycles. The first kappa shape index (κ1) is 79.3. The highest BCUT2D eigenvalue weighted by Crippen LogP contribution is 2.17. The number of esters is 3. The smallest absolute Gasteiger partial charge is 0.306 e. The highest BCUT2D eigenvalue weighted by atomic mass is 16.6. The SMILES string of the molecule is CCC/C=C\C/C=C\CCCCCCCC(=O)OCC(COC(=O)CCCCCCCCCCCCCCCCCC/C=C\C/C=C\C/C=C\CCCCCCC)OC(=O)CCCCCCCC/C=C\C/C=C\C/C=C\CCCCCCC. The molecule has 1 atom stereocenters. The molecular formula is C77H134O6. The van der Waals surface area contributed by atoms with E-state index in [0.717, 1.165) is 128 Å². The molecule has 1 unspecified atom stereocenters. The average Bonchev–Trinajstić information content (AvgIpc) is 3.49. The highest BCUT2D eigenvalue weighted by molar-refractivity contribution is 5.71. The summed E-state index contributed by atoms with van der Waals surface area (Å²) in [5, 5.41) is 0. The molecule has 0 amide bonds. The molecule has 0 aromatic heterocycles. The summed E-state index contributed by atoms with van der Waals surface area (Å²) < 4.78 is 17.0. The maximum absolute atomic E-state index is 12.9. The van der Waals surface area contributed by atoms with E-state index in [-0.39, 0.29) is 31.1 Å². The summed E-state index contributed by atoms with van der Waals surface area (Å²) in [6.45, 7) is 6.57. The van der Waals surface area contributed by atoms with Gasteiger partial charge in [-0.15, -0.1) is 0 Å². The summed E-state index contributed by atoms with van der Waals surface area (Å²) in [7, 11) is 0. The monoisotopic (exact) mass is 1160 g/mol. The minimum Gasteiger partial charge on any atom is -0.462 e. The van der Waals surface area contributed by atoms with Crippen molar-refractivity contribution in [3.05, 3.63) is 97.2 Å². The zero-order chi connectivity index (χ0) is 59.9. The Hall–Kier alpha value is -3.67. The molecule has 0 rings (SSSR count). The number of allylic oxidation sites excluding steroid dienone is 16. The van der Waals surface area contributed by atoms with Gasteiger partial charge in [-0.1, -0.05) is 311 Å². The lowest BCUT2D eigenvalue weighted by molar-refractivity contribution is -0.167. The first-order chi connectivity index (χ1) is 41.0. The normalized spacial score (nSPS) is 12.7. The van der Waals surface area contributed by atoms with E-state index in [1.807, 2.05) is 0 Å². The molecule has 6 nitrogen and oxygen atoms in total. The fraction of sp³-hybridized carbons (Fsp3) is 0.753. The number of hydrogen-bond acceptors (Lipinski definition) is 6. The second-order valence-corrected chi connectivity index (χ2v) is 23.8. The van der Waals surface area contributed by atoms with Gasteiger partial charge in [-0.05, 0) is 122 Å². The molecule has 0 saturated heterocycles. The maximum atomic E-state index is 12.9. The minimum absolute atomic E-state index is 0.0858. The second kappa shape index (κ2) is 70.8. The molecule has 0 bridgehead atoms. The van der Waals surface area contributed by atoms with Crippen LogP contribution >= 0.6 is 0 Å². The Morgan fingerprint density at radius 1 is 0.241 bits per heavy atom. The molecule has 0 saturated carbocycles. The second-order valence-electron chi connectivity index (χ2n) is 23.8. The predicted molar refractivity (Wildman–Crippen MR) is 362 cm³/mol. The van der Waals surface area contributed by atoms with Gasteiger partial charge in [0.15, 0.2) is 6.10 Å². The third-order valence-electron chi connectivity index (χ3n) is 15.5. The van der Waals surface area contributed by atoms with Crippen molar-refractivity contribution < 1.29 is 28.6 Å². The van der Waals surface area contributed by atoms with Crippen LogP contribution in [-0.4, -0.2) is 37.2 Å². The van der Waals surface area contributed by atoms with Crippen LogP contribution in [0.4, 0.5) is 0 Å². The van der Waals surface area contributed by atoms with E-state index in [9.17, 15) is 14.4 Å². The molecule has 0 N–H and O–H groups in total. The molecular weight excluding hydrogens is 1020 g/mol. The van der Waals surface area contributed by atoms with Gasteiger partial charge in [0.25, 0.3) is 0 Å².